The molecule has 0 spiro atoms. The van der Waals surface area contributed by atoms with Crippen molar-refractivity contribution < 1.29 is 21.6 Å². The molecule has 1 rings (SSSR count). The lowest BCUT2D eigenvalue weighted by Gasteiger charge is -2.08. The van der Waals surface area contributed by atoms with Crippen molar-refractivity contribution in [2.24, 2.45) is 0 Å². The second-order valence-corrected chi connectivity index (χ2v) is 6.58. The third-order valence-electron chi connectivity index (χ3n) is 2.11. The number of hydrogen-bond donors (Lipinski definition) is 0. The van der Waals surface area contributed by atoms with Crippen LogP contribution >= 0.6 is 10.7 Å². The molecular formula is C11H10ClF3O2S. The normalized spacial score (nSPS) is 12.4. The van der Waals surface area contributed by atoms with Crippen molar-refractivity contribution in [1.29, 1.82) is 0 Å². The first-order chi connectivity index (χ1) is 8.08. The molecule has 0 N–H and O–H groups in total. The van der Waals surface area contributed by atoms with E-state index in [9.17, 15) is 21.6 Å². The summed E-state index contributed by atoms with van der Waals surface area (Å²) in [6, 6.07) is 4.46. The first-order valence-electron chi connectivity index (χ1n) is 4.83. The molecule has 0 radical (unpaired) electrons. The highest BCUT2D eigenvalue weighted by Gasteiger charge is 2.29. The van der Waals surface area contributed by atoms with Gasteiger partial charge in [-0.25, -0.2) is 8.42 Å². The van der Waals surface area contributed by atoms with Crippen LogP contribution in [-0.4, -0.2) is 14.2 Å². The minimum atomic E-state index is -4.38. The van der Waals surface area contributed by atoms with Gasteiger partial charge in [0.05, 0.1) is 11.3 Å². The lowest BCUT2D eigenvalue weighted by molar-refractivity contribution is -0.137. The first-order valence-corrected chi connectivity index (χ1v) is 7.31. The summed E-state index contributed by atoms with van der Waals surface area (Å²) in [4.78, 5) is 0. The van der Waals surface area contributed by atoms with Gasteiger partial charge in [-0.3, -0.25) is 0 Å². The van der Waals surface area contributed by atoms with Crippen molar-refractivity contribution in [3.05, 3.63) is 47.5 Å². The van der Waals surface area contributed by atoms with Crippen LogP contribution in [0.2, 0.25) is 0 Å². The molecule has 0 fully saturated rings. The monoisotopic (exact) mass is 298 g/mol. The van der Waals surface area contributed by atoms with Crippen molar-refractivity contribution in [3.8, 4) is 0 Å². The van der Waals surface area contributed by atoms with Crippen LogP contribution in [0.25, 0.3) is 0 Å². The molecule has 0 amide bonds. The van der Waals surface area contributed by atoms with E-state index in [0.717, 1.165) is 12.1 Å². The van der Waals surface area contributed by atoms with Crippen molar-refractivity contribution in [1.82, 2.24) is 0 Å². The van der Waals surface area contributed by atoms with Gasteiger partial charge in [0.1, 0.15) is 0 Å². The number of benzene rings is 1. The molecule has 0 atom stereocenters. The molecule has 0 saturated heterocycles. The zero-order valence-corrected chi connectivity index (χ0v) is 10.7. The van der Waals surface area contributed by atoms with Gasteiger partial charge in [0.15, 0.2) is 0 Å². The third kappa shape index (κ3) is 5.10. The lowest BCUT2D eigenvalue weighted by Crippen LogP contribution is -2.05. The van der Waals surface area contributed by atoms with E-state index in [1.54, 1.807) is 0 Å². The minimum absolute atomic E-state index is 0.171. The maximum Gasteiger partial charge on any atom is 0.416 e. The third-order valence-corrected chi connectivity index (χ3v) is 3.19. The smallest absolute Gasteiger partial charge is 0.212 e. The van der Waals surface area contributed by atoms with Crippen molar-refractivity contribution in [2.75, 3.05) is 5.75 Å². The molecule has 18 heavy (non-hydrogen) atoms. The quantitative estimate of drug-likeness (QED) is 0.631. The summed E-state index contributed by atoms with van der Waals surface area (Å²) in [5.74, 6) is -0.393. The first kappa shape index (κ1) is 15.0. The average molecular weight is 299 g/mol. The van der Waals surface area contributed by atoms with Crippen LogP contribution in [0.4, 0.5) is 13.2 Å². The molecule has 0 bridgehead atoms. The van der Waals surface area contributed by atoms with E-state index in [1.165, 1.54) is 12.1 Å². The number of hydrogen-bond acceptors (Lipinski definition) is 2. The van der Waals surface area contributed by atoms with Gasteiger partial charge in [0.2, 0.25) is 9.05 Å². The Balaban J connectivity index is 2.73. The molecule has 1 aromatic carbocycles. The van der Waals surface area contributed by atoms with Gasteiger partial charge in [-0.2, -0.15) is 13.2 Å². The van der Waals surface area contributed by atoms with Gasteiger partial charge in [0.25, 0.3) is 0 Å². The van der Waals surface area contributed by atoms with E-state index in [1.807, 2.05) is 0 Å². The molecule has 0 aromatic heterocycles. The Labute approximate surface area is 107 Å². The topological polar surface area (TPSA) is 34.1 Å². The van der Waals surface area contributed by atoms with E-state index in [0.29, 0.717) is 11.1 Å². The molecule has 0 saturated carbocycles. The fraction of sp³-hybridized carbons (Fsp3) is 0.273. The standard InChI is InChI=1S/C11H10ClF3O2S/c1-8(7-18(12,16)17)6-9-2-4-10(5-3-9)11(13,14)15/h2-5H,1,6-7H2. The molecule has 100 valence electrons. The van der Waals surface area contributed by atoms with Gasteiger partial charge in [-0.15, -0.1) is 0 Å². The van der Waals surface area contributed by atoms with Gasteiger partial charge in [-0.1, -0.05) is 24.3 Å². The second kappa shape index (κ2) is 5.32. The highest BCUT2D eigenvalue weighted by Crippen LogP contribution is 2.29. The molecule has 0 aliphatic rings. The van der Waals surface area contributed by atoms with Crippen LogP contribution in [0, 0.1) is 0 Å². The Kier molecular flexibility index (Phi) is 4.45. The van der Waals surface area contributed by atoms with Gasteiger partial charge in [0, 0.05) is 10.7 Å². The Morgan fingerprint density at radius 3 is 2.11 bits per heavy atom. The molecule has 0 unspecified atom stereocenters. The summed E-state index contributed by atoms with van der Waals surface area (Å²) in [7, 11) is 1.36. The summed E-state index contributed by atoms with van der Waals surface area (Å²) >= 11 is 0. The van der Waals surface area contributed by atoms with E-state index >= 15 is 0 Å². The summed E-state index contributed by atoms with van der Waals surface area (Å²) in [6.07, 6.45) is -4.21. The van der Waals surface area contributed by atoms with Crippen LogP contribution in [0.15, 0.2) is 36.4 Å². The fourth-order valence-corrected chi connectivity index (χ4v) is 2.45. The Hall–Kier alpha value is -1.01. The van der Waals surface area contributed by atoms with Crippen molar-refractivity contribution >= 4 is 19.7 Å². The number of halogens is 4. The van der Waals surface area contributed by atoms with E-state index in [-0.39, 0.29) is 6.42 Å². The van der Waals surface area contributed by atoms with Crippen LogP contribution in [0.5, 0.6) is 0 Å². The van der Waals surface area contributed by atoms with Crippen LogP contribution in [0.3, 0.4) is 0 Å². The molecular weight excluding hydrogens is 289 g/mol. The van der Waals surface area contributed by atoms with Gasteiger partial charge < -0.3 is 0 Å². The molecule has 0 heterocycles. The SMILES string of the molecule is C=C(Cc1ccc(C(F)(F)F)cc1)CS(=O)(=O)Cl. The molecule has 0 aliphatic carbocycles. The van der Waals surface area contributed by atoms with Crippen molar-refractivity contribution in [2.45, 2.75) is 12.6 Å². The number of alkyl halides is 3. The largest absolute Gasteiger partial charge is 0.416 e. The zero-order chi connectivity index (χ0) is 14.0. The van der Waals surface area contributed by atoms with E-state index in [2.05, 4.69) is 6.58 Å². The van der Waals surface area contributed by atoms with Crippen LogP contribution < -0.4 is 0 Å². The summed E-state index contributed by atoms with van der Waals surface area (Å²) in [6.45, 7) is 3.52. The predicted molar refractivity (Wildman–Crippen MR) is 63.9 cm³/mol. The maximum absolute atomic E-state index is 12.3. The van der Waals surface area contributed by atoms with Crippen LogP contribution in [0.1, 0.15) is 11.1 Å². The van der Waals surface area contributed by atoms with Crippen LogP contribution in [-0.2, 0) is 21.6 Å². The highest BCUT2D eigenvalue weighted by atomic mass is 35.7. The van der Waals surface area contributed by atoms with Gasteiger partial charge in [-0.05, 0) is 24.1 Å². The lowest BCUT2D eigenvalue weighted by atomic mass is 10.1. The molecule has 2 nitrogen and oxygen atoms in total. The van der Waals surface area contributed by atoms with Crippen molar-refractivity contribution in [3.63, 3.8) is 0 Å². The molecule has 1 aromatic rings. The molecule has 0 aliphatic heterocycles. The van der Waals surface area contributed by atoms with Gasteiger partial charge >= 0.3 is 6.18 Å². The van der Waals surface area contributed by atoms with E-state index < -0.39 is 26.5 Å². The maximum atomic E-state index is 12.3. The summed E-state index contributed by atoms with van der Waals surface area (Å²) < 4.78 is 58.4. The average Bonchev–Trinajstić information content (AvgIpc) is 2.13. The minimum Gasteiger partial charge on any atom is -0.212 e. The zero-order valence-electron chi connectivity index (χ0n) is 9.17. The Morgan fingerprint density at radius 1 is 1.22 bits per heavy atom. The second-order valence-electron chi connectivity index (χ2n) is 3.80. The fourth-order valence-electron chi connectivity index (χ4n) is 1.40. The Morgan fingerprint density at radius 2 is 1.72 bits per heavy atom. The number of rotatable bonds is 4. The predicted octanol–water partition coefficient (Wildman–Crippen LogP) is 3.37. The Bertz CT molecular complexity index is 532. The highest BCUT2D eigenvalue weighted by molar-refractivity contribution is 8.13. The summed E-state index contributed by atoms with van der Waals surface area (Å²) in [5.41, 5.74) is 0.125. The molecule has 7 heteroatoms. The van der Waals surface area contributed by atoms with E-state index in [4.69, 9.17) is 10.7 Å². The summed E-state index contributed by atoms with van der Waals surface area (Å²) in [5, 5.41) is 0.